The highest BCUT2D eigenvalue weighted by Crippen LogP contribution is 2.27. The SMILES string of the molecule is O=C(C=NC=Cc1ccccc1)NC1CN2CCC1CC2. The van der Waals surface area contributed by atoms with Crippen LogP contribution in [0, 0.1) is 5.92 Å². The monoisotopic (exact) mass is 283 g/mol. The van der Waals surface area contributed by atoms with Crippen molar-refractivity contribution in [3.05, 3.63) is 42.1 Å². The Hall–Kier alpha value is -1.94. The van der Waals surface area contributed by atoms with Crippen LogP contribution in [0.3, 0.4) is 0 Å². The first-order valence-corrected chi connectivity index (χ1v) is 7.59. The van der Waals surface area contributed by atoms with E-state index in [9.17, 15) is 4.79 Å². The van der Waals surface area contributed by atoms with Crippen molar-refractivity contribution in [2.45, 2.75) is 18.9 Å². The highest BCUT2D eigenvalue weighted by Gasteiger charge is 2.34. The lowest BCUT2D eigenvalue weighted by molar-refractivity contribution is -0.116. The van der Waals surface area contributed by atoms with Gasteiger partial charge in [0.2, 0.25) is 0 Å². The van der Waals surface area contributed by atoms with E-state index in [4.69, 9.17) is 0 Å². The van der Waals surface area contributed by atoms with Crippen LogP contribution in [-0.4, -0.2) is 42.7 Å². The van der Waals surface area contributed by atoms with Gasteiger partial charge < -0.3 is 10.2 Å². The third kappa shape index (κ3) is 3.79. The molecule has 0 saturated carbocycles. The summed E-state index contributed by atoms with van der Waals surface area (Å²) in [5.74, 6) is 0.554. The summed E-state index contributed by atoms with van der Waals surface area (Å²) < 4.78 is 0. The molecule has 3 aliphatic rings. The molecule has 0 spiro atoms. The number of carbonyl (C=O) groups is 1. The molecule has 3 fully saturated rings. The zero-order valence-corrected chi connectivity index (χ0v) is 12.1. The molecule has 2 bridgehead atoms. The molecule has 1 N–H and O–H groups in total. The predicted molar refractivity (Wildman–Crippen MR) is 85.1 cm³/mol. The van der Waals surface area contributed by atoms with Crippen molar-refractivity contribution in [1.82, 2.24) is 10.2 Å². The topological polar surface area (TPSA) is 44.7 Å². The number of fused-ring (bicyclic) bond motifs is 3. The van der Waals surface area contributed by atoms with Crippen molar-refractivity contribution in [3.63, 3.8) is 0 Å². The van der Waals surface area contributed by atoms with Gasteiger partial charge in [-0.3, -0.25) is 9.79 Å². The predicted octanol–water partition coefficient (Wildman–Crippen LogP) is 1.94. The molecule has 4 heteroatoms. The van der Waals surface area contributed by atoms with E-state index in [2.05, 4.69) is 15.2 Å². The molecule has 3 saturated heterocycles. The van der Waals surface area contributed by atoms with Crippen molar-refractivity contribution in [2.75, 3.05) is 19.6 Å². The normalized spacial score (nSPS) is 28.3. The maximum atomic E-state index is 11.9. The molecule has 1 atom stereocenters. The van der Waals surface area contributed by atoms with E-state index in [1.807, 2.05) is 36.4 Å². The minimum Gasteiger partial charge on any atom is -0.347 e. The van der Waals surface area contributed by atoms with Crippen LogP contribution in [0.5, 0.6) is 0 Å². The molecule has 1 unspecified atom stereocenters. The molecule has 4 rings (SSSR count). The minimum absolute atomic E-state index is 0.0912. The first-order valence-electron chi connectivity index (χ1n) is 7.59. The summed E-state index contributed by atoms with van der Waals surface area (Å²) in [7, 11) is 0. The van der Waals surface area contributed by atoms with Crippen LogP contribution in [0.15, 0.2) is 41.5 Å². The van der Waals surface area contributed by atoms with Crippen LogP contribution in [0.25, 0.3) is 6.08 Å². The van der Waals surface area contributed by atoms with Crippen LogP contribution in [-0.2, 0) is 4.79 Å². The van der Waals surface area contributed by atoms with Gasteiger partial charge in [-0.15, -0.1) is 0 Å². The second-order valence-corrected chi connectivity index (χ2v) is 5.76. The first-order chi connectivity index (χ1) is 10.3. The number of piperidine rings is 3. The highest BCUT2D eigenvalue weighted by atomic mass is 16.1. The van der Waals surface area contributed by atoms with Crippen LogP contribution in [0.4, 0.5) is 0 Å². The average molecular weight is 283 g/mol. The van der Waals surface area contributed by atoms with Gasteiger partial charge in [-0.2, -0.15) is 0 Å². The lowest BCUT2D eigenvalue weighted by atomic mass is 9.84. The Morgan fingerprint density at radius 3 is 2.67 bits per heavy atom. The fraction of sp³-hybridized carbons (Fsp3) is 0.412. The molecular weight excluding hydrogens is 262 g/mol. The van der Waals surface area contributed by atoms with E-state index in [-0.39, 0.29) is 5.91 Å². The van der Waals surface area contributed by atoms with Crippen LogP contribution < -0.4 is 5.32 Å². The number of benzene rings is 1. The van der Waals surface area contributed by atoms with Gasteiger partial charge in [0.15, 0.2) is 0 Å². The molecule has 1 amide bonds. The van der Waals surface area contributed by atoms with E-state index in [1.54, 1.807) is 6.20 Å². The third-order valence-electron chi connectivity index (χ3n) is 4.33. The average Bonchev–Trinajstić information content (AvgIpc) is 2.54. The quantitative estimate of drug-likeness (QED) is 0.858. The van der Waals surface area contributed by atoms with Crippen molar-refractivity contribution in [2.24, 2.45) is 10.9 Å². The van der Waals surface area contributed by atoms with Gasteiger partial charge in [0.05, 0.1) is 6.21 Å². The van der Waals surface area contributed by atoms with E-state index in [0.717, 1.165) is 12.1 Å². The molecule has 0 radical (unpaired) electrons. The number of carbonyl (C=O) groups excluding carboxylic acids is 1. The Balaban J connectivity index is 1.48. The number of aliphatic imine (C=N–C) groups is 1. The zero-order valence-electron chi connectivity index (χ0n) is 12.1. The van der Waals surface area contributed by atoms with Gasteiger partial charge >= 0.3 is 0 Å². The third-order valence-corrected chi connectivity index (χ3v) is 4.33. The molecule has 0 aliphatic carbocycles. The summed E-state index contributed by atoms with van der Waals surface area (Å²) >= 11 is 0. The summed E-state index contributed by atoms with van der Waals surface area (Å²) in [6.07, 6.45) is 7.33. The summed E-state index contributed by atoms with van der Waals surface area (Å²) in [6.45, 7) is 3.36. The molecule has 21 heavy (non-hydrogen) atoms. The number of hydrogen-bond acceptors (Lipinski definition) is 3. The van der Waals surface area contributed by atoms with Crippen molar-refractivity contribution in [1.29, 1.82) is 0 Å². The molecule has 3 aliphatic heterocycles. The summed E-state index contributed by atoms with van der Waals surface area (Å²) in [5, 5.41) is 3.09. The van der Waals surface area contributed by atoms with Gasteiger partial charge in [-0.05, 0) is 43.5 Å². The molecule has 1 aromatic carbocycles. The largest absolute Gasteiger partial charge is 0.347 e. The smallest absolute Gasteiger partial charge is 0.262 e. The van der Waals surface area contributed by atoms with Crippen molar-refractivity contribution >= 4 is 18.2 Å². The molecular formula is C17H21N3O. The Labute approximate surface area is 125 Å². The zero-order chi connectivity index (χ0) is 14.5. The van der Waals surface area contributed by atoms with Crippen LogP contribution >= 0.6 is 0 Å². The Kier molecular flexibility index (Phi) is 4.46. The Morgan fingerprint density at radius 2 is 2.00 bits per heavy atom. The lowest BCUT2D eigenvalue weighted by Gasteiger charge is -2.44. The van der Waals surface area contributed by atoms with Crippen LogP contribution in [0.2, 0.25) is 0 Å². The van der Waals surface area contributed by atoms with E-state index in [0.29, 0.717) is 12.0 Å². The lowest BCUT2D eigenvalue weighted by Crippen LogP contribution is -2.57. The molecule has 4 nitrogen and oxygen atoms in total. The van der Waals surface area contributed by atoms with Crippen molar-refractivity contribution < 1.29 is 4.79 Å². The second-order valence-electron chi connectivity index (χ2n) is 5.76. The molecule has 0 aromatic heterocycles. The molecule has 110 valence electrons. The van der Waals surface area contributed by atoms with Gasteiger partial charge in [-0.1, -0.05) is 30.3 Å². The van der Waals surface area contributed by atoms with Gasteiger partial charge in [0.25, 0.3) is 5.91 Å². The van der Waals surface area contributed by atoms with E-state index < -0.39 is 0 Å². The fourth-order valence-corrected chi connectivity index (χ4v) is 3.15. The van der Waals surface area contributed by atoms with Gasteiger partial charge in [0, 0.05) is 18.8 Å². The van der Waals surface area contributed by atoms with E-state index >= 15 is 0 Å². The summed E-state index contributed by atoms with van der Waals surface area (Å²) in [5.41, 5.74) is 1.08. The number of rotatable bonds is 4. The number of nitrogens with one attached hydrogen (secondary N) is 1. The standard InChI is InChI=1S/C17H21N3O/c21-17(12-18-9-6-14-4-2-1-3-5-14)19-16-13-20-10-7-15(16)8-11-20/h1-6,9,12,15-16H,7-8,10-11,13H2,(H,19,21). The summed E-state index contributed by atoms with van der Waals surface area (Å²) in [6, 6.07) is 10.2. The number of amides is 1. The maximum absolute atomic E-state index is 11.9. The first kappa shape index (κ1) is 14.0. The second kappa shape index (κ2) is 6.68. The van der Waals surface area contributed by atoms with Gasteiger partial charge in [-0.25, -0.2) is 0 Å². The number of hydrogen-bond donors (Lipinski definition) is 1. The highest BCUT2D eigenvalue weighted by molar-refractivity contribution is 6.26. The number of nitrogens with zero attached hydrogens (tertiary/aromatic N) is 2. The fourth-order valence-electron chi connectivity index (χ4n) is 3.15. The summed E-state index contributed by atoms with van der Waals surface area (Å²) in [4.78, 5) is 18.4. The Morgan fingerprint density at radius 1 is 1.24 bits per heavy atom. The van der Waals surface area contributed by atoms with E-state index in [1.165, 1.54) is 32.1 Å². The van der Waals surface area contributed by atoms with Gasteiger partial charge in [0.1, 0.15) is 0 Å². The molecule has 1 aromatic rings. The minimum atomic E-state index is -0.0912. The molecule has 3 heterocycles. The maximum Gasteiger partial charge on any atom is 0.262 e. The van der Waals surface area contributed by atoms with Crippen molar-refractivity contribution in [3.8, 4) is 0 Å². The van der Waals surface area contributed by atoms with Crippen LogP contribution in [0.1, 0.15) is 18.4 Å². The Bertz CT molecular complexity index is 530.